The number of halogens is 1. The van der Waals surface area contributed by atoms with Crippen LogP contribution in [0, 0.1) is 5.92 Å². The molecule has 0 bridgehead atoms. The van der Waals surface area contributed by atoms with Crippen LogP contribution in [-0.4, -0.2) is 32.1 Å². The first-order chi connectivity index (χ1) is 11.8. The average molecular weight is 363 g/mol. The summed E-state index contributed by atoms with van der Waals surface area (Å²) in [5, 5.41) is 6.05. The minimum absolute atomic E-state index is 0. The summed E-state index contributed by atoms with van der Waals surface area (Å²) in [7, 11) is 0. The van der Waals surface area contributed by atoms with Gasteiger partial charge in [-0.2, -0.15) is 0 Å². The number of hydrogen-bond acceptors (Lipinski definition) is 4. The Morgan fingerprint density at radius 2 is 1.64 bits per heavy atom. The van der Waals surface area contributed by atoms with Crippen LogP contribution in [0.15, 0.2) is 54.6 Å². The van der Waals surface area contributed by atoms with E-state index >= 15 is 0 Å². The van der Waals surface area contributed by atoms with Crippen LogP contribution in [0.25, 0.3) is 0 Å². The van der Waals surface area contributed by atoms with Crippen LogP contribution in [0.4, 0.5) is 0 Å². The second-order valence-corrected chi connectivity index (χ2v) is 5.86. The molecule has 0 spiro atoms. The van der Waals surface area contributed by atoms with Gasteiger partial charge in [-0.1, -0.05) is 30.3 Å². The molecule has 1 heterocycles. The van der Waals surface area contributed by atoms with Gasteiger partial charge in [0.2, 0.25) is 0 Å². The number of amides is 1. The number of carbonyl (C=O) groups is 1. The van der Waals surface area contributed by atoms with Gasteiger partial charge in [-0.15, -0.1) is 12.4 Å². The molecule has 1 saturated heterocycles. The molecule has 1 aliphatic heterocycles. The van der Waals surface area contributed by atoms with Crippen molar-refractivity contribution in [3.8, 4) is 11.5 Å². The van der Waals surface area contributed by atoms with Crippen LogP contribution in [-0.2, 0) is 11.4 Å². The van der Waals surface area contributed by atoms with Gasteiger partial charge in [-0.3, -0.25) is 4.79 Å². The largest absolute Gasteiger partial charge is 0.489 e. The SMILES string of the molecule is Cl.O=C(COc1ccc(OCc2ccccc2)cc1)NCC1CNC1. The molecule has 0 unspecified atom stereocenters. The fraction of sp³-hybridized carbons (Fsp3) is 0.316. The smallest absolute Gasteiger partial charge is 0.257 e. The van der Waals surface area contributed by atoms with E-state index in [4.69, 9.17) is 9.47 Å². The van der Waals surface area contributed by atoms with Crippen LogP contribution in [0.1, 0.15) is 5.56 Å². The Balaban J connectivity index is 0.00000225. The molecular formula is C19H23ClN2O3. The molecule has 0 aliphatic carbocycles. The molecule has 2 aromatic carbocycles. The van der Waals surface area contributed by atoms with E-state index in [9.17, 15) is 4.79 Å². The first kappa shape index (κ1) is 19.1. The van der Waals surface area contributed by atoms with E-state index in [0.717, 1.165) is 24.4 Å². The summed E-state index contributed by atoms with van der Waals surface area (Å²) in [6.07, 6.45) is 0. The third-order valence-electron chi connectivity index (χ3n) is 3.90. The summed E-state index contributed by atoms with van der Waals surface area (Å²) >= 11 is 0. The monoisotopic (exact) mass is 362 g/mol. The molecule has 25 heavy (non-hydrogen) atoms. The van der Waals surface area contributed by atoms with Crippen LogP contribution >= 0.6 is 12.4 Å². The molecular weight excluding hydrogens is 340 g/mol. The number of nitrogens with one attached hydrogen (secondary N) is 2. The Morgan fingerprint density at radius 1 is 1.00 bits per heavy atom. The van der Waals surface area contributed by atoms with Crippen molar-refractivity contribution in [2.24, 2.45) is 5.92 Å². The van der Waals surface area contributed by atoms with Crippen molar-refractivity contribution in [2.75, 3.05) is 26.2 Å². The topological polar surface area (TPSA) is 59.6 Å². The first-order valence-electron chi connectivity index (χ1n) is 8.16. The molecule has 3 rings (SSSR count). The van der Waals surface area contributed by atoms with Crippen LogP contribution < -0.4 is 20.1 Å². The van der Waals surface area contributed by atoms with Crippen LogP contribution in [0.2, 0.25) is 0 Å². The van der Waals surface area contributed by atoms with Gasteiger partial charge in [0, 0.05) is 25.6 Å². The van der Waals surface area contributed by atoms with Gasteiger partial charge >= 0.3 is 0 Å². The van der Waals surface area contributed by atoms with Gasteiger partial charge in [0.15, 0.2) is 6.61 Å². The zero-order valence-electron chi connectivity index (χ0n) is 13.9. The Hall–Kier alpha value is -2.24. The minimum atomic E-state index is -0.0914. The molecule has 1 amide bonds. The Kier molecular flexibility index (Phi) is 7.57. The predicted molar refractivity (Wildman–Crippen MR) is 99.3 cm³/mol. The van der Waals surface area contributed by atoms with Gasteiger partial charge in [-0.05, 0) is 29.8 Å². The maximum Gasteiger partial charge on any atom is 0.257 e. The second kappa shape index (κ2) is 9.91. The van der Waals surface area contributed by atoms with E-state index in [2.05, 4.69) is 10.6 Å². The zero-order chi connectivity index (χ0) is 16.6. The third-order valence-corrected chi connectivity index (χ3v) is 3.90. The molecule has 0 aromatic heterocycles. The molecule has 2 aromatic rings. The van der Waals surface area contributed by atoms with Gasteiger partial charge < -0.3 is 20.1 Å². The minimum Gasteiger partial charge on any atom is -0.489 e. The maximum absolute atomic E-state index is 11.7. The summed E-state index contributed by atoms with van der Waals surface area (Å²) in [6.45, 7) is 3.22. The van der Waals surface area contributed by atoms with Gasteiger partial charge in [0.05, 0.1) is 0 Å². The fourth-order valence-corrected chi connectivity index (χ4v) is 2.32. The number of ether oxygens (including phenoxy) is 2. The molecule has 0 saturated carbocycles. The van der Waals surface area contributed by atoms with Gasteiger partial charge in [0.1, 0.15) is 18.1 Å². The van der Waals surface area contributed by atoms with Crippen LogP contribution in [0.5, 0.6) is 11.5 Å². The molecule has 1 fully saturated rings. The van der Waals surface area contributed by atoms with E-state index in [1.165, 1.54) is 0 Å². The lowest BCUT2D eigenvalue weighted by Crippen LogP contribution is -2.48. The highest BCUT2D eigenvalue weighted by atomic mass is 35.5. The van der Waals surface area contributed by atoms with Crippen molar-refractivity contribution in [3.63, 3.8) is 0 Å². The molecule has 0 atom stereocenters. The summed E-state index contributed by atoms with van der Waals surface area (Å²) in [4.78, 5) is 11.7. The maximum atomic E-state index is 11.7. The van der Waals surface area contributed by atoms with Crippen molar-refractivity contribution >= 4 is 18.3 Å². The predicted octanol–water partition coefficient (Wildman–Crippen LogP) is 2.40. The molecule has 6 heteroatoms. The zero-order valence-corrected chi connectivity index (χ0v) is 14.8. The van der Waals surface area contributed by atoms with Crippen molar-refractivity contribution in [2.45, 2.75) is 6.61 Å². The highest BCUT2D eigenvalue weighted by molar-refractivity contribution is 5.85. The van der Waals surface area contributed by atoms with Crippen molar-refractivity contribution in [1.29, 1.82) is 0 Å². The van der Waals surface area contributed by atoms with E-state index < -0.39 is 0 Å². The summed E-state index contributed by atoms with van der Waals surface area (Å²) in [6, 6.07) is 17.3. The number of carbonyl (C=O) groups excluding carboxylic acids is 1. The Labute approximate surface area is 154 Å². The second-order valence-electron chi connectivity index (χ2n) is 5.86. The molecule has 2 N–H and O–H groups in total. The average Bonchev–Trinajstić information content (AvgIpc) is 2.58. The lowest BCUT2D eigenvalue weighted by molar-refractivity contribution is -0.123. The van der Waals surface area contributed by atoms with Crippen LogP contribution in [0.3, 0.4) is 0 Å². The third kappa shape index (κ3) is 6.29. The highest BCUT2D eigenvalue weighted by Crippen LogP contribution is 2.18. The number of hydrogen-bond donors (Lipinski definition) is 2. The Morgan fingerprint density at radius 3 is 2.24 bits per heavy atom. The summed E-state index contributed by atoms with van der Waals surface area (Å²) in [5.41, 5.74) is 1.12. The Bertz CT molecular complexity index is 645. The van der Waals surface area contributed by atoms with Gasteiger partial charge in [-0.25, -0.2) is 0 Å². The molecule has 5 nitrogen and oxygen atoms in total. The lowest BCUT2D eigenvalue weighted by atomic mass is 10.0. The van der Waals surface area contributed by atoms with Crippen molar-refractivity contribution in [1.82, 2.24) is 10.6 Å². The molecule has 0 radical (unpaired) electrons. The van der Waals surface area contributed by atoms with Crippen molar-refractivity contribution < 1.29 is 14.3 Å². The van der Waals surface area contributed by atoms with E-state index in [1.54, 1.807) is 0 Å². The normalized spacial score (nSPS) is 13.3. The fourth-order valence-electron chi connectivity index (χ4n) is 2.32. The lowest BCUT2D eigenvalue weighted by Gasteiger charge is -2.27. The summed E-state index contributed by atoms with van der Waals surface area (Å²) in [5.74, 6) is 1.89. The number of benzene rings is 2. The summed E-state index contributed by atoms with van der Waals surface area (Å²) < 4.78 is 11.2. The number of rotatable bonds is 8. The first-order valence-corrected chi connectivity index (χ1v) is 8.16. The highest BCUT2D eigenvalue weighted by Gasteiger charge is 2.17. The van der Waals surface area contributed by atoms with E-state index in [0.29, 0.717) is 24.8 Å². The standard InChI is InChI=1S/C19H22N2O3.ClH/c22-19(21-12-16-10-20-11-16)14-24-18-8-6-17(7-9-18)23-13-15-4-2-1-3-5-15;/h1-9,16,20H,10-14H2,(H,21,22);1H. The molecule has 1 aliphatic rings. The molecule has 134 valence electrons. The van der Waals surface area contributed by atoms with E-state index in [-0.39, 0.29) is 24.9 Å². The van der Waals surface area contributed by atoms with Crippen molar-refractivity contribution in [3.05, 3.63) is 60.2 Å². The van der Waals surface area contributed by atoms with Gasteiger partial charge in [0.25, 0.3) is 5.91 Å². The van der Waals surface area contributed by atoms with E-state index in [1.807, 2.05) is 54.6 Å². The quantitative estimate of drug-likeness (QED) is 0.757.